The summed E-state index contributed by atoms with van der Waals surface area (Å²) in [5.74, 6) is 0.783. The van der Waals surface area contributed by atoms with Gasteiger partial charge in [-0.3, -0.25) is 0 Å². The van der Waals surface area contributed by atoms with E-state index >= 15 is 0 Å². The summed E-state index contributed by atoms with van der Waals surface area (Å²) in [6.07, 6.45) is 2.78. The van der Waals surface area contributed by atoms with Gasteiger partial charge in [0.1, 0.15) is 0 Å². The molecule has 1 rings (SSSR count). The van der Waals surface area contributed by atoms with Crippen LogP contribution in [0.25, 0.3) is 0 Å². The maximum absolute atomic E-state index is 13.0. The summed E-state index contributed by atoms with van der Waals surface area (Å²) in [4.78, 5) is 0.363. The van der Waals surface area contributed by atoms with Crippen LogP contribution in [0.5, 0.6) is 0 Å². The highest BCUT2D eigenvalue weighted by Crippen LogP contribution is 2.31. The Bertz CT molecular complexity index is 586. The number of nitrogen functional groups attached to an aromatic ring is 1. The first-order chi connectivity index (χ1) is 9.68. The lowest BCUT2D eigenvalue weighted by molar-refractivity contribution is 0.385. The van der Waals surface area contributed by atoms with Gasteiger partial charge < -0.3 is 5.73 Å². The normalized spacial score (nSPS) is 13.7. The topological polar surface area (TPSA) is 63.4 Å². The molecule has 4 nitrogen and oxygen atoms in total. The summed E-state index contributed by atoms with van der Waals surface area (Å²) < 4.78 is 27.5. The van der Waals surface area contributed by atoms with Crippen LogP contribution in [0.15, 0.2) is 11.0 Å². The van der Waals surface area contributed by atoms with E-state index in [2.05, 4.69) is 0 Å². The summed E-state index contributed by atoms with van der Waals surface area (Å²) in [6, 6.07) is 1.83. The molecule has 1 atom stereocenters. The molecule has 0 aliphatic rings. The van der Waals surface area contributed by atoms with Crippen LogP contribution in [0.4, 0.5) is 5.69 Å². The molecule has 0 aromatic heterocycles. The van der Waals surface area contributed by atoms with Crippen LogP contribution in [0, 0.1) is 20.8 Å². The van der Waals surface area contributed by atoms with Gasteiger partial charge in [-0.15, -0.1) is 0 Å². The minimum Gasteiger partial charge on any atom is -0.398 e. The molecule has 21 heavy (non-hydrogen) atoms. The highest BCUT2D eigenvalue weighted by atomic mass is 32.2. The van der Waals surface area contributed by atoms with E-state index < -0.39 is 10.0 Å². The minimum atomic E-state index is -3.54. The Morgan fingerprint density at radius 2 is 1.86 bits per heavy atom. The van der Waals surface area contributed by atoms with Crippen molar-refractivity contribution in [3.63, 3.8) is 0 Å². The van der Waals surface area contributed by atoms with E-state index in [1.165, 1.54) is 4.31 Å². The van der Waals surface area contributed by atoms with E-state index in [4.69, 9.17) is 5.73 Å². The summed E-state index contributed by atoms with van der Waals surface area (Å²) in [5, 5.41) is 0. The summed E-state index contributed by atoms with van der Waals surface area (Å²) in [6.45, 7) is 7.52. The fraction of sp³-hybridized carbons (Fsp3) is 0.600. The third-order valence-electron chi connectivity index (χ3n) is 4.06. The van der Waals surface area contributed by atoms with Crippen molar-refractivity contribution in [3.8, 4) is 0 Å². The van der Waals surface area contributed by atoms with Crippen molar-refractivity contribution in [3.05, 3.63) is 22.8 Å². The third kappa shape index (κ3) is 3.55. The number of anilines is 1. The molecule has 0 saturated carbocycles. The SMILES string of the molecule is CCC(CSC)N(C)S(=O)(=O)c1c(C)c(C)cc(N)c1C. The zero-order chi connectivity index (χ0) is 16.4. The monoisotopic (exact) mass is 330 g/mol. The summed E-state index contributed by atoms with van der Waals surface area (Å²) >= 11 is 1.66. The Balaban J connectivity index is 3.44. The van der Waals surface area contributed by atoms with Gasteiger partial charge in [0.05, 0.1) is 4.90 Å². The average Bonchev–Trinajstić information content (AvgIpc) is 2.41. The molecule has 0 radical (unpaired) electrons. The van der Waals surface area contributed by atoms with Crippen LogP contribution in [0.1, 0.15) is 30.0 Å². The Hall–Kier alpha value is -0.720. The molecule has 0 aliphatic carbocycles. The van der Waals surface area contributed by atoms with Crippen LogP contribution < -0.4 is 5.73 Å². The van der Waals surface area contributed by atoms with Gasteiger partial charge in [-0.05, 0) is 56.2 Å². The minimum absolute atomic E-state index is 0.00876. The van der Waals surface area contributed by atoms with Crippen molar-refractivity contribution in [2.45, 2.75) is 45.1 Å². The predicted molar refractivity (Wildman–Crippen MR) is 92.5 cm³/mol. The van der Waals surface area contributed by atoms with Gasteiger partial charge in [0, 0.05) is 24.5 Å². The molecule has 2 N–H and O–H groups in total. The Morgan fingerprint density at radius 3 is 2.33 bits per heavy atom. The zero-order valence-corrected chi connectivity index (χ0v) is 15.4. The molecule has 120 valence electrons. The van der Waals surface area contributed by atoms with E-state index in [1.54, 1.807) is 25.7 Å². The second kappa shape index (κ2) is 7.03. The van der Waals surface area contributed by atoms with Crippen LogP contribution in [-0.2, 0) is 10.0 Å². The van der Waals surface area contributed by atoms with Crippen molar-refractivity contribution in [1.82, 2.24) is 4.31 Å². The van der Waals surface area contributed by atoms with Gasteiger partial charge in [-0.2, -0.15) is 16.1 Å². The smallest absolute Gasteiger partial charge is 0.243 e. The molecule has 0 fully saturated rings. The molecule has 0 amide bonds. The molecule has 6 heteroatoms. The van der Waals surface area contributed by atoms with Gasteiger partial charge in [0.25, 0.3) is 0 Å². The molecular weight excluding hydrogens is 304 g/mol. The number of benzene rings is 1. The predicted octanol–water partition coefficient (Wildman–Crippen LogP) is 2.96. The Kier molecular flexibility index (Phi) is 6.13. The van der Waals surface area contributed by atoms with E-state index in [1.807, 2.05) is 33.1 Å². The summed E-state index contributed by atoms with van der Waals surface area (Å²) in [5.41, 5.74) is 8.83. The number of sulfonamides is 1. The molecule has 1 aromatic carbocycles. The summed E-state index contributed by atoms with van der Waals surface area (Å²) in [7, 11) is -1.88. The maximum atomic E-state index is 13.0. The zero-order valence-electron chi connectivity index (χ0n) is 13.7. The number of aryl methyl sites for hydroxylation is 1. The fourth-order valence-corrected chi connectivity index (χ4v) is 5.34. The van der Waals surface area contributed by atoms with Gasteiger partial charge >= 0.3 is 0 Å². The quantitative estimate of drug-likeness (QED) is 0.815. The first kappa shape index (κ1) is 18.3. The van der Waals surface area contributed by atoms with Crippen molar-refractivity contribution >= 4 is 27.5 Å². The maximum Gasteiger partial charge on any atom is 0.243 e. The van der Waals surface area contributed by atoms with Crippen molar-refractivity contribution in [2.24, 2.45) is 0 Å². The second-order valence-electron chi connectivity index (χ2n) is 5.40. The van der Waals surface area contributed by atoms with E-state index in [9.17, 15) is 8.42 Å². The van der Waals surface area contributed by atoms with Crippen LogP contribution in [-0.4, -0.2) is 37.8 Å². The number of nitrogens with two attached hydrogens (primary N) is 1. The Labute approximate surface area is 133 Å². The second-order valence-corrected chi connectivity index (χ2v) is 8.25. The molecule has 0 aliphatic heterocycles. The molecule has 1 unspecified atom stereocenters. The number of rotatable bonds is 6. The van der Waals surface area contributed by atoms with E-state index in [0.717, 1.165) is 23.3 Å². The van der Waals surface area contributed by atoms with Gasteiger partial charge in [0.15, 0.2) is 0 Å². The molecule has 0 saturated heterocycles. The standard InChI is InChI=1S/C15H26N2O2S2/c1-7-13(9-20-6)17(5)21(18,19)15-11(3)10(2)8-14(16)12(15)4/h8,13H,7,9,16H2,1-6H3. The molecule has 1 aromatic rings. The lowest BCUT2D eigenvalue weighted by Gasteiger charge is -2.28. The average molecular weight is 331 g/mol. The first-order valence-corrected chi connectivity index (χ1v) is 9.85. The molecule has 0 bridgehead atoms. The number of hydrogen-bond donors (Lipinski definition) is 1. The van der Waals surface area contributed by atoms with Crippen molar-refractivity contribution < 1.29 is 8.42 Å². The largest absolute Gasteiger partial charge is 0.398 e. The number of thioether (sulfide) groups is 1. The molecular formula is C15H26N2O2S2. The molecule has 0 heterocycles. The van der Waals surface area contributed by atoms with Crippen LogP contribution in [0.3, 0.4) is 0 Å². The third-order valence-corrected chi connectivity index (χ3v) is 6.96. The van der Waals surface area contributed by atoms with Gasteiger partial charge in [-0.25, -0.2) is 8.42 Å². The lowest BCUT2D eigenvalue weighted by atomic mass is 10.1. The van der Waals surface area contributed by atoms with E-state index in [0.29, 0.717) is 16.1 Å². The lowest BCUT2D eigenvalue weighted by Crippen LogP contribution is -2.39. The number of hydrogen-bond acceptors (Lipinski definition) is 4. The van der Waals surface area contributed by atoms with Crippen molar-refractivity contribution in [1.29, 1.82) is 0 Å². The van der Waals surface area contributed by atoms with Crippen LogP contribution in [0.2, 0.25) is 0 Å². The highest BCUT2D eigenvalue weighted by Gasteiger charge is 2.30. The van der Waals surface area contributed by atoms with Gasteiger partial charge in [0.2, 0.25) is 10.0 Å². The highest BCUT2D eigenvalue weighted by molar-refractivity contribution is 7.98. The Morgan fingerprint density at radius 1 is 1.29 bits per heavy atom. The number of nitrogens with zero attached hydrogens (tertiary/aromatic N) is 1. The van der Waals surface area contributed by atoms with Gasteiger partial charge in [-0.1, -0.05) is 6.92 Å². The van der Waals surface area contributed by atoms with E-state index in [-0.39, 0.29) is 6.04 Å². The van der Waals surface area contributed by atoms with Crippen LogP contribution >= 0.6 is 11.8 Å². The first-order valence-electron chi connectivity index (χ1n) is 7.01. The molecule has 0 spiro atoms. The fourth-order valence-electron chi connectivity index (χ4n) is 2.44. The van der Waals surface area contributed by atoms with Crippen molar-refractivity contribution in [2.75, 3.05) is 24.8 Å².